The average molecular weight is 366 g/mol. The molecule has 0 amide bonds. The predicted octanol–water partition coefficient (Wildman–Crippen LogP) is 4.81. The molecule has 1 heterocycles. The Labute approximate surface area is 155 Å². The lowest BCUT2D eigenvalue weighted by atomic mass is 10.0. The van der Waals surface area contributed by atoms with Gasteiger partial charge >= 0.3 is 0 Å². The first-order valence-electron chi connectivity index (χ1n) is 8.64. The number of benzene rings is 2. The van der Waals surface area contributed by atoms with Crippen molar-refractivity contribution in [2.45, 2.75) is 31.6 Å². The van der Waals surface area contributed by atoms with Gasteiger partial charge in [-0.1, -0.05) is 67.4 Å². The zero-order chi connectivity index (χ0) is 18.6. The SMILES string of the molecule is CCCc1ccc(NS(=O)(=O)c2ccccc2)nc1-c1ccc(C)cc1. The van der Waals surface area contributed by atoms with E-state index in [1.54, 1.807) is 36.4 Å². The number of hydrogen-bond acceptors (Lipinski definition) is 3. The van der Waals surface area contributed by atoms with Crippen molar-refractivity contribution in [3.8, 4) is 11.3 Å². The van der Waals surface area contributed by atoms with Crippen LogP contribution in [0.4, 0.5) is 5.82 Å². The van der Waals surface area contributed by atoms with Crippen LogP contribution in [0.2, 0.25) is 0 Å². The van der Waals surface area contributed by atoms with Crippen molar-refractivity contribution in [1.29, 1.82) is 0 Å². The largest absolute Gasteiger partial charge is 0.263 e. The van der Waals surface area contributed by atoms with Crippen molar-refractivity contribution < 1.29 is 8.42 Å². The highest BCUT2D eigenvalue weighted by molar-refractivity contribution is 7.92. The third-order valence-electron chi connectivity index (χ3n) is 4.12. The lowest BCUT2D eigenvalue weighted by Gasteiger charge is -2.13. The summed E-state index contributed by atoms with van der Waals surface area (Å²) < 4.78 is 27.7. The van der Waals surface area contributed by atoms with E-state index < -0.39 is 10.0 Å². The monoisotopic (exact) mass is 366 g/mol. The van der Waals surface area contributed by atoms with E-state index in [9.17, 15) is 8.42 Å². The van der Waals surface area contributed by atoms with Crippen LogP contribution < -0.4 is 4.72 Å². The molecule has 134 valence electrons. The molecule has 0 unspecified atom stereocenters. The second-order valence-electron chi connectivity index (χ2n) is 6.24. The first-order chi connectivity index (χ1) is 12.5. The van der Waals surface area contributed by atoms with Crippen LogP contribution in [0.25, 0.3) is 11.3 Å². The number of aryl methyl sites for hydroxylation is 2. The highest BCUT2D eigenvalue weighted by Crippen LogP contribution is 2.26. The maximum Gasteiger partial charge on any atom is 0.263 e. The summed E-state index contributed by atoms with van der Waals surface area (Å²) in [4.78, 5) is 4.83. The predicted molar refractivity (Wildman–Crippen MR) is 106 cm³/mol. The van der Waals surface area contributed by atoms with Crippen molar-refractivity contribution in [1.82, 2.24) is 4.98 Å². The van der Waals surface area contributed by atoms with Crippen LogP contribution in [-0.4, -0.2) is 13.4 Å². The van der Waals surface area contributed by atoms with Crippen LogP contribution in [0.3, 0.4) is 0 Å². The van der Waals surface area contributed by atoms with E-state index >= 15 is 0 Å². The van der Waals surface area contributed by atoms with Crippen molar-refractivity contribution >= 4 is 15.8 Å². The van der Waals surface area contributed by atoms with Gasteiger partial charge in [0.2, 0.25) is 0 Å². The van der Waals surface area contributed by atoms with Crippen LogP contribution in [0.5, 0.6) is 0 Å². The summed E-state index contributed by atoms with van der Waals surface area (Å²) in [6, 6.07) is 20.1. The van der Waals surface area contributed by atoms with Crippen LogP contribution in [-0.2, 0) is 16.4 Å². The summed E-state index contributed by atoms with van der Waals surface area (Å²) in [7, 11) is -3.66. The molecule has 5 heteroatoms. The molecule has 0 radical (unpaired) electrons. The smallest absolute Gasteiger partial charge is 0.263 e. The van der Waals surface area contributed by atoms with Crippen molar-refractivity contribution in [3.05, 3.63) is 77.9 Å². The van der Waals surface area contributed by atoms with E-state index in [4.69, 9.17) is 0 Å². The zero-order valence-electron chi connectivity index (χ0n) is 14.9. The van der Waals surface area contributed by atoms with Gasteiger partial charge in [-0.25, -0.2) is 13.4 Å². The molecule has 1 N–H and O–H groups in total. The molecule has 0 aliphatic heterocycles. The molecule has 0 saturated heterocycles. The van der Waals surface area contributed by atoms with Crippen molar-refractivity contribution in [2.75, 3.05) is 4.72 Å². The summed E-state index contributed by atoms with van der Waals surface area (Å²) in [6.45, 7) is 4.15. The summed E-state index contributed by atoms with van der Waals surface area (Å²) in [5.74, 6) is 0.323. The fraction of sp³-hybridized carbons (Fsp3) is 0.190. The van der Waals surface area contributed by atoms with Crippen LogP contribution in [0, 0.1) is 6.92 Å². The molecule has 4 nitrogen and oxygen atoms in total. The molecule has 0 bridgehead atoms. The molecule has 26 heavy (non-hydrogen) atoms. The summed E-state index contributed by atoms with van der Waals surface area (Å²) in [5.41, 5.74) is 4.09. The molecular weight excluding hydrogens is 344 g/mol. The van der Waals surface area contributed by atoms with Gasteiger partial charge < -0.3 is 0 Å². The number of hydrogen-bond donors (Lipinski definition) is 1. The molecule has 0 fully saturated rings. The van der Waals surface area contributed by atoms with Crippen LogP contribution in [0.15, 0.2) is 71.6 Å². The first kappa shape index (κ1) is 18.1. The molecule has 3 rings (SSSR count). The Morgan fingerprint density at radius 2 is 1.62 bits per heavy atom. The minimum atomic E-state index is -3.66. The van der Waals surface area contributed by atoms with E-state index in [-0.39, 0.29) is 4.90 Å². The highest BCUT2D eigenvalue weighted by Gasteiger charge is 2.16. The normalized spacial score (nSPS) is 11.3. The number of pyridine rings is 1. The Bertz CT molecular complexity index is 982. The standard InChI is InChI=1S/C21H22N2O2S/c1-3-7-17-14-15-20(22-21(17)18-12-10-16(2)11-13-18)23-26(24,25)19-8-5-4-6-9-19/h4-6,8-15H,3,7H2,1-2H3,(H,22,23). The Balaban J connectivity index is 1.99. The van der Waals surface area contributed by atoms with Crippen LogP contribution in [0.1, 0.15) is 24.5 Å². The van der Waals surface area contributed by atoms with E-state index in [0.717, 1.165) is 29.7 Å². The van der Waals surface area contributed by atoms with Gasteiger partial charge in [0.1, 0.15) is 5.82 Å². The molecule has 0 aliphatic carbocycles. The van der Waals surface area contributed by atoms with Gasteiger partial charge in [0.25, 0.3) is 10.0 Å². The van der Waals surface area contributed by atoms with E-state index in [2.05, 4.69) is 16.6 Å². The van der Waals surface area contributed by atoms with Gasteiger partial charge in [-0.05, 0) is 37.1 Å². The Kier molecular flexibility index (Phi) is 5.38. The first-order valence-corrected chi connectivity index (χ1v) is 10.1. The highest BCUT2D eigenvalue weighted by atomic mass is 32.2. The van der Waals surface area contributed by atoms with Crippen LogP contribution >= 0.6 is 0 Å². The third kappa shape index (κ3) is 4.11. The van der Waals surface area contributed by atoms with Crippen molar-refractivity contribution in [2.24, 2.45) is 0 Å². The number of aromatic nitrogens is 1. The number of rotatable bonds is 6. The Morgan fingerprint density at radius 3 is 2.27 bits per heavy atom. The van der Waals surface area contributed by atoms with E-state index in [0.29, 0.717) is 5.82 Å². The lowest BCUT2D eigenvalue weighted by Crippen LogP contribution is -2.14. The molecule has 0 aliphatic rings. The van der Waals surface area contributed by atoms with Crippen molar-refractivity contribution in [3.63, 3.8) is 0 Å². The molecule has 1 aromatic heterocycles. The van der Waals surface area contributed by atoms with Gasteiger partial charge in [-0.2, -0.15) is 0 Å². The molecule has 0 saturated carbocycles. The molecule has 2 aromatic carbocycles. The second-order valence-corrected chi connectivity index (χ2v) is 7.92. The van der Waals surface area contributed by atoms with Gasteiger partial charge in [0, 0.05) is 5.56 Å². The number of nitrogens with one attached hydrogen (secondary N) is 1. The second kappa shape index (κ2) is 7.70. The summed E-state index contributed by atoms with van der Waals surface area (Å²) in [5, 5.41) is 0. The number of anilines is 1. The van der Waals surface area contributed by atoms with Gasteiger partial charge in [-0.15, -0.1) is 0 Å². The zero-order valence-corrected chi connectivity index (χ0v) is 15.8. The van der Waals surface area contributed by atoms with E-state index in [1.807, 2.05) is 37.3 Å². The van der Waals surface area contributed by atoms with Gasteiger partial charge in [0.05, 0.1) is 10.6 Å². The lowest BCUT2D eigenvalue weighted by molar-refractivity contribution is 0.601. The fourth-order valence-electron chi connectivity index (χ4n) is 2.77. The van der Waals surface area contributed by atoms with Gasteiger partial charge in [0.15, 0.2) is 0 Å². The maximum atomic E-state index is 12.6. The number of nitrogens with zero attached hydrogens (tertiary/aromatic N) is 1. The third-order valence-corrected chi connectivity index (χ3v) is 5.49. The maximum absolute atomic E-state index is 12.6. The topological polar surface area (TPSA) is 59.1 Å². The Morgan fingerprint density at radius 1 is 0.923 bits per heavy atom. The summed E-state index contributed by atoms with van der Waals surface area (Å²) in [6.07, 6.45) is 1.89. The molecule has 0 spiro atoms. The minimum absolute atomic E-state index is 0.219. The fourth-order valence-corrected chi connectivity index (χ4v) is 3.80. The molecule has 3 aromatic rings. The number of sulfonamides is 1. The summed E-state index contributed by atoms with van der Waals surface area (Å²) >= 11 is 0. The van der Waals surface area contributed by atoms with Gasteiger partial charge in [-0.3, -0.25) is 4.72 Å². The molecule has 0 atom stereocenters. The quantitative estimate of drug-likeness (QED) is 0.681. The minimum Gasteiger partial charge on any atom is -0.263 e. The molecular formula is C21H22N2O2S. The van der Waals surface area contributed by atoms with E-state index in [1.165, 1.54) is 5.56 Å². The average Bonchev–Trinajstić information content (AvgIpc) is 2.64. The Hall–Kier alpha value is -2.66.